The van der Waals surface area contributed by atoms with Crippen LogP contribution in [-0.4, -0.2) is 16.4 Å². The van der Waals surface area contributed by atoms with E-state index in [1.807, 2.05) is 6.92 Å². The molecule has 0 saturated heterocycles. The minimum Gasteiger partial charge on any atom is -0.433 e. The molecule has 0 N–H and O–H groups in total. The first-order chi connectivity index (χ1) is 7.63. The number of halogens is 3. The second kappa shape index (κ2) is 4.37. The summed E-state index contributed by atoms with van der Waals surface area (Å²) in [6, 6.07) is 4.97. The van der Waals surface area contributed by atoms with Gasteiger partial charge in [0.1, 0.15) is 10.1 Å². The van der Waals surface area contributed by atoms with Crippen LogP contribution in [0.5, 0.6) is 5.75 Å². The Balaban J connectivity index is 2.64. The SMILES string of the molecule is CCn1nc(Br)c2cccc(OC(F)F)c21. The van der Waals surface area contributed by atoms with Crippen molar-refractivity contribution < 1.29 is 13.5 Å². The molecular weight excluding hydrogens is 282 g/mol. The molecule has 0 saturated carbocycles. The lowest BCUT2D eigenvalue weighted by Crippen LogP contribution is -2.04. The Bertz CT molecular complexity index is 513. The molecule has 6 heteroatoms. The molecule has 0 aliphatic rings. The third-order valence-corrected chi connectivity index (χ3v) is 2.79. The summed E-state index contributed by atoms with van der Waals surface area (Å²) in [5, 5.41) is 4.95. The number of aryl methyl sites for hydroxylation is 1. The average Bonchev–Trinajstić information content (AvgIpc) is 2.56. The van der Waals surface area contributed by atoms with Crippen LogP contribution < -0.4 is 4.74 Å². The van der Waals surface area contributed by atoms with Gasteiger partial charge in [-0.05, 0) is 35.0 Å². The van der Waals surface area contributed by atoms with Gasteiger partial charge in [-0.3, -0.25) is 4.68 Å². The van der Waals surface area contributed by atoms with Crippen LogP contribution in [-0.2, 0) is 6.54 Å². The van der Waals surface area contributed by atoms with Crippen molar-refractivity contribution in [2.45, 2.75) is 20.1 Å². The van der Waals surface area contributed by atoms with Gasteiger partial charge < -0.3 is 4.74 Å². The first-order valence-electron chi connectivity index (χ1n) is 4.73. The Morgan fingerprint density at radius 1 is 1.50 bits per heavy atom. The molecule has 2 aromatic rings. The largest absolute Gasteiger partial charge is 0.433 e. The average molecular weight is 291 g/mol. The fourth-order valence-corrected chi connectivity index (χ4v) is 2.10. The topological polar surface area (TPSA) is 27.1 Å². The van der Waals surface area contributed by atoms with E-state index in [0.29, 0.717) is 16.7 Å². The summed E-state index contributed by atoms with van der Waals surface area (Å²) in [5.74, 6) is 0.146. The Morgan fingerprint density at radius 2 is 2.25 bits per heavy atom. The fourth-order valence-electron chi connectivity index (χ4n) is 1.58. The highest BCUT2D eigenvalue weighted by molar-refractivity contribution is 9.10. The molecule has 86 valence electrons. The molecule has 2 rings (SSSR count). The van der Waals surface area contributed by atoms with Gasteiger partial charge in [0.25, 0.3) is 0 Å². The van der Waals surface area contributed by atoms with Gasteiger partial charge in [0.15, 0.2) is 5.75 Å². The van der Waals surface area contributed by atoms with Gasteiger partial charge in [-0.25, -0.2) is 0 Å². The lowest BCUT2D eigenvalue weighted by molar-refractivity contribution is -0.0490. The molecule has 1 heterocycles. The number of hydrogen-bond donors (Lipinski definition) is 0. The summed E-state index contributed by atoms with van der Waals surface area (Å²) < 4.78 is 31.2. The van der Waals surface area contributed by atoms with E-state index in [0.717, 1.165) is 5.39 Å². The van der Waals surface area contributed by atoms with Crippen molar-refractivity contribution in [2.24, 2.45) is 0 Å². The highest BCUT2D eigenvalue weighted by atomic mass is 79.9. The van der Waals surface area contributed by atoms with Gasteiger partial charge in [-0.2, -0.15) is 13.9 Å². The number of hydrogen-bond acceptors (Lipinski definition) is 2. The maximum absolute atomic E-state index is 12.2. The van der Waals surface area contributed by atoms with Gasteiger partial charge in [-0.1, -0.05) is 6.07 Å². The van der Waals surface area contributed by atoms with Gasteiger partial charge in [0.05, 0.1) is 0 Å². The quantitative estimate of drug-likeness (QED) is 0.866. The zero-order valence-electron chi connectivity index (χ0n) is 8.45. The molecule has 0 spiro atoms. The number of rotatable bonds is 3. The van der Waals surface area contributed by atoms with Crippen LogP contribution in [0.1, 0.15) is 6.92 Å². The fraction of sp³-hybridized carbons (Fsp3) is 0.300. The van der Waals surface area contributed by atoms with Crippen molar-refractivity contribution in [1.29, 1.82) is 0 Å². The smallest absolute Gasteiger partial charge is 0.387 e. The highest BCUT2D eigenvalue weighted by Crippen LogP contribution is 2.31. The zero-order valence-corrected chi connectivity index (χ0v) is 10.0. The maximum atomic E-state index is 12.2. The number of alkyl halides is 2. The molecule has 16 heavy (non-hydrogen) atoms. The molecule has 0 amide bonds. The summed E-state index contributed by atoms with van der Waals surface area (Å²) in [7, 11) is 0. The minimum atomic E-state index is -2.83. The van der Waals surface area contributed by atoms with Crippen molar-refractivity contribution in [2.75, 3.05) is 0 Å². The molecular formula is C10H9BrF2N2O. The number of para-hydroxylation sites is 1. The van der Waals surface area contributed by atoms with Crippen molar-refractivity contribution in [3.05, 3.63) is 22.8 Å². The third-order valence-electron chi connectivity index (χ3n) is 2.20. The third kappa shape index (κ3) is 1.89. The maximum Gasteiger partial charge on any atom is 0.387 e. The van der Waals surface area contributed by atoms with E-state index in [1.165, 1.54) is 6.07 Å². The second-order valence-electron chi connectivity index (χ2n) is 3.14. The summed E-state index contributed by atoms with van der Waals surface area (Å²) in [6.45, 7) is -0.353. The first-order valence-corrected chi connectivity index (χ1v) is 5.52. The highest BCUT2D eigenvalue weighted by Gasteiger charge is 2.14. The van der Waals surface area contributed by atoms with Crippen molar-refractivity contribution >= 4 is 26.8 Å². The van der Waals surface area contributed by atoms with E-state index < -0.39 is 6.61 Å². The van der Waals surface area contributed by atoms with Crippen LogP contribution >= 0.6 is 15.9 Å². The molecule has 3 nitrogen and oxygen atoms in total. The van der Waals surface area contributed by atoms with Crippen molar-refractivity contribution in [1.82, 2.24) is 9.78 Å². The second-order valence-corrected chi connectivity index (χ2v) is 3.89. The predicted molar refractivity (Wildman–Crippen MR) is 59.7 cm³/mol. The molecule has 0 atom stereocenters. The van der Waals surface area contributed by atoms with Gasteiger partial charge in [0.2, 0.25) is 0 Å². The Morgan fingerprint density at radius 3 is 2.88 bits per heavy atom. The number of nitrogens with zero attached hydrogens (tertiary/aromatic N) is 2. The van der Waals surface area contributed by atoms with Crippen molar-refractivity contribution in [3.63, 3.8) is 0 Å². The van der Waals surface area contributed by atoms with Gasteiger partial charge in [0, 0.05) is 11.9 Å². The summed E-state index contributed by atoms with van der Waals surface area (Å²) in [4.78, 5) is 0. The van der Waals surface area contributed by atoms with Crippen LogP contribution in [0.25, 0.3) is 10.9 Å². The van der Waals surface area contributed by atoms with Crippen LogP contribution in [0.2, 0.25) is 0 Å². The molecule has 0 fully saturated rings. The lowest BCUT2D eigenvalue weighted by Gasteiger charge is -2.07. The molecule has 0 radical (unpaired) electrons. The van der Waals surface area contributed by atoms with Gasteiger partial charge in [-0.15, -0.1) is 0 Å². The Kier molecular flexibility index (Phi) is 3.09. The van der Waals surface area contributed by atoms with E-state index in [1.54, 1.807) is 16.8 Å². The molecule has 0 unspecified atom stereocenters. The van der Waals surface area contributed by atoms with Crippen molar-refractivity contribution in [3.8, 4) is 5.75 Å². The number of ether oxygens (including phenoxy) is 1. The van der Waals surface area contributed by atoms with Crippen LogP contribution in [0, 0.1) is 0 Å². The standard InChI is InChI=1S/C10H9BrF2N2O/c1-2-15-8-6(9(11)14-15)4-3-5-7(8)16-10(12)13/h3-5,10H,2H2,1H3. The predicted octanol–water partition coefficient (Wildman–Crippen LogP) is 3.42. The van der Waals surface area contributed by atoms with E-state index in [2.05, 4.69) is 25.8 Å². The molecule has 1 aromatic heterocycles. The number of benzene rings is 1. The van der Waals surface area contributed by atoms with E-state index in [4.69, 9.17) is 0 Å². The number of aromatic nitrogens is 2. The van der Waals surface area contributed by atoms with E-state index in [9.17, 15) is 8.78 Å². The molecule has 0 aliphatic carbocycles. The molecule has 0 bridgehead atoms. The number of fused-ring (bicyclic) bond motifs is 1. The molecule has 0 aliphatic heterocycles. The Labute approximate surface area is 99.1 Å². The summed E-state index contributed by atoms with van der Waals surface area (Å²) in [5.41, 5.74) is 0.581. The van der Waals surface area contributed by atoms with E-state index >= 15 is 0 Å². The summed E-state index contributed by atoms with van der Waals surface area (Å²) >= 11 is 3.28. The van der Waals surface area contributed by atoms with E-state index in [-0.39, 0.29) is 5.75 Å². The van der Waals surface area contributed by atoms with Crippen LogP contribution in [0.4, 0.5) is 8.78 Å². The van der Waals surface area contributed by atoms with Gasteiger partial charge >= 0.3 is 6.61 Å². The van der Waals surface area contributed by atoms with Crippen LogP contribution in [0.15, 0.2) is 22.8 Å². The summed E-state index contributed by atoms with van der Waals surface area (Å²) in [6.07, 6.45) is 0. The first kappa shape index (κ1) is 11.3. The lowest BCUT2D eigenvalue weighted by atomic mass is 10.2. The normalized spacial score (nSPS) is 11.3. The monoisotopic (exact) mass is 290 g/mol. The molecule has 1 aromatic carbocycles. The minimum absolute atomic E-state index is 0.146. The van der Waals surface area contributed by atoms with Crippen LogP contribution in [0.3, 0.4) is 0 Å². The Hall–Kier alpha value is -1.17. The zero-order chi connectivity index (χ0) is 11.7.